The van der Waals surface area contributed by atoms with Crippen molar-refractivity contribution in [1.29, 1.82) is 0 Å². The van der Waals surface area contributed by atoms with E-state index in [0.29, 0.717) is 0 Å². The molecule has 0 N–H and O–H groups in total. The van der Waals surface area contributed by atoms with Gasteiger partial charge < -0.3 is 14.9 Å². The third-order valence-corrected chi connectivity index (χ3v) is 11.2. The van der Waals surface area contributed by atoms with Crippen LogP contribution in [0.5, 0.6) is 0 Å². The molecular weight excluding hydrogens is 424 g/mol. The molecule has 0 fully saturated rings. The number of hydrogen-bond donors (Lipinski definition) is 0. The van der Waals surface area contributed by atoms with Crippen molar-refractivity contribution in [2.45, 2.75) is 20.4 Å². The summed E-state index contributed by atoms with van der Waals surface area (Å²) in [4.78, 5) is 0. The van der Waals surface area contributed by atoms with Crippen LogP contribution in [0, 0.1) is 28.7 Å². The minimum atomic E-state index is -2.19. The van der Waals surface area contributed by atoms with Crippen molar-refractivity contribution in [3.63, 3.8) is 0 Å². The standard InChI is InChI=1S/C27H24Si.2CH3.Ti/c1-19-17-21-11-7-9-15-24(21)26(19)28(3,23-13-5-4-6-14-23)27-20(2)18-22-12-8-10-16-25(22)27;;;/h4-18H,1-3H3;2*1H3;/q-2;2*-1;+4. The van der Waals surface area contributed by atoms with Crippen LogP contribution in [-0.2, 0) is 21.7 Å². The van der Waals surface area contributed by atoms with Crippen molar-refractivity contribution in [2.75, 3.05) is 0 Å². The SMILES string of the molecule is Cc1[cH-]c2ccccc2c1[Si](C)(c1ccccc1)c1c(C)[cH-]c2ccccc12.[CH3-].[CH3-].[Ti+4]. The molecule has 0 amide bonds. The van der Waals surface area contributed by atoms with Gasteiger partial charge >= 0.3 is 21.7 Å². The molecule has 0 bridgehead atoms. The Hall–Kier alpha value is -2.19. The second-order valence-corrected chi connectivity index (χ2v) is 11.9. The summed E-state index contributed by atoms with van der Waals surface area (Å²) in [5.41, 5.74) is 2.84. The zero-order chi connectivity index (χ0) is 19.3. The van der Waals surface area contributed by atoms with Crippen LogP contribution in [0.15, 0.2) is 91.0 Å². The van der Waals surface area contributed by atoms with Crippen LogP contribution < -0.4 is 15.6 Å². The van der Waals surface area contributed by atoms with Gasteiger partial charge in [0.1, 0.15) is 0 Å². The van der Waals surface area contributed by atoms with Crippen LogP contribution in [0.25, 0.3) is 21.5 Å². The normalized spacial score (nSPS) is 10.9. The Bertz CT molecular complexity index is 1210. The summed E-state index contributed by atoms with van der Waals surface area (Å²) >= 11 is 0. The third-order valence-electron chi connectivity index (χ3n) is 6.34. The molecule has 0 aliphatic heterocycles. The largest absolute Gasteiger partial charge is 4.00 e. The first-order valence-corrected chi connectivity index (χ1v) is 12.5. The van der Waals surface area contributed by atoms with Gasteiger partial charge in [0.25, 0.3) is 0 Å². The summed E-state index contributed by atoms with van der Waals surface area (Å²) < 4.78 is 0. The molecule has 0 aliphatic carbocycles. The van der Waals surface area contributed by atoms with E-state index < -0.39 is 8.07 Å². The van der Waals surface area contributed by atoms with Crippen molar-refractivity contribution in [2.24, 2.45) is 0 Å². The van der Waals surface area contributed by atoms with Crippen molar-refractivity contribution in [3.05, 3.63) is 117 Å². The molecule has 0 radical (unpaired) electrons. The number of aryl methyl sites for hydroxylation is 2. The monoisotopic (exact) mass is 454 g/mol. The Morgan fingerprint density at radius 2 is 0.968 bits per heavy atom. The average Bonchev–Trinajstić information content (AvgIpc) is 3.24. The Balaban J connectivity index is 0.00000114. The Kier molecular flexibility index (Phi) is 7.71. The molecule has 0 atom stereocenters. The quantitative estimate of drug-likeness (QED) is 0.230. The summed E-state index contributed by atoms with van der Waals surface area (Å²) in [6.45, 7) is 7.14. The van der Waals surface area contributed by atoms with Gasteiger partial charge in [-0.1, -0.05) is 68.0 Å². The van der Waals surface area contributed by atoms with Gasteiger partial charge in [0.05, 0.1) is 0 Å². The molecule has 0 saturated carbocycles. The fourth-order valence-electron chi connectivity index (χ4n) is 5.25. The molecule has 31 heavy (non-hydrogen) atoms. The van der Waals surface area contributed by atoms with Gasteiger partial charge in [0, 0.05) is 8.07 Å². The van der Waals surface area contributed by atoms with E-state index in [-0.39, 0.29) is 36.6 Å². The van der Waals surface area contributed by atoms with Gasteiger partial charge in [0.2, 0.25) is 0 Å². The van der Waals surface area contributed by atoms with Crippen molar-refractivity contribution in [3.8, 4) is 0 Å². The number of fused-ring (bicyclic) bond motifs is 2. The van der Waals surface area contributed by atoms with E-state index in [2.05, 4.69) is 111 Å². The fraction of sp³-hybridized carbons (Fsp3) is 0.103. The zero-order valence-corrected chi connectivity index (χ0v) is 21.7. The van der Waals surface area contributed by atoms with Crippen LogP contribution in [0.3, 0.4) is 0 Å². The molecular formula is C29H30SiTi. The summed E-state index contributed by atoms with van der Waals surface area (Å²) in [5.74, 6) is 0. The van der Waals surface area contributed by atoms with Gasteiger partial charge in [-0.25, -0.2) is 0 Å². The number of benzene rings is 3. The molecule has 0 aliphatic rings. The maximum absolute atomic E-state index is 2.55. The first-order valence-electron chi connectivity index (χ1n) is 9.97. The maximum atomic E-state index is 2.55. The summed E-state index contributed by atoms with van der Waals surface area (Å²) in [7, 11) is -2.19. The molecule has 154 valence electrons. The summed E-state index contributed by atoms with van der Waals surface area (Å²) in [5, 5.41) is 10.2. The van der Waals surface area contributed by atoms with Crippen molar-refractivity contribution in [1.82, 2.24) is 0 Å². The van der Waals surface area contributed by atoms with Crippen LogP contribution in [0.4, 0.5) is 0 Å². The molecule has 0 heterocycles. The van der Waals surface area contributed by atoms with Crippen LogP contribution in [0.2, 0.25) is 6.55 Å². The summed E-state index contributed by atoms with van der Waals surface area (Å²) in [6.07, 6.45) is 0. The number of hydrogen-bond acceptors (Lipinski definition) is 0. The molecule has 2 heteroatoms. The second-order valence-electron chi connectivity index (χ2n) is 8.07. The molecule has 5 aromatic carbocycles. The first kappa shape index (κ1) is 25.1. The predicted octanol–water partition coefficient (Wildman–Crippen LogP) is 6.05. The molecule has 5 aromatic rings. The van der Waals surface area contributed by atoms with Gasteiger partial charge in [0.15, 0.2) is 0 Å². The van der Waals surface area contributed by atoms with Crippen LogP contribution in [-0.4, -0.2) is 8.07 Å². The maximum Gasteiger partial charge on any atom is 4.00 e. The first-order chi connectivity index (χ1) is 13.6. The Morgan fingerprint density at radius 1 is 0.581 bits per heavy atom. The van der Waals surface area contributed by atoms with E-state index in [1.807, 2.05) is 0 Å². The second kappa shape index (κ2) is 9.53. The van der Waals surface area contributed by atoms with E-state index in [1.165, 1.54) is 37.9 Å². The zero-order valence-electron chi connectivity index (χ0n) is 19.2. The Labute approximate surface area is 203 Å². The topological polar surface area (TPSA) is 0 Å². The summed E-state index contributed by atoms with van der Waals surface area (Å²) in [6, 6.07) is 33.7. The molecule has 0 nitrogen and oxygen atoms in total. The van der Waals surface area contributed by atoms with E-state index >= 15 is 0 Å². The van der Waals surface area contributed by atoms with Crippen molar-refractivity contribution >= 4 is 45.2 Å². The van der Waals surface area contributed by atoms with Gasteiger partial charge in [-0.05, 0) is 0 Å². The van der Waals surface area contributed by atoms with E-state index in [4.69, 9.17) is 0 Å². The third kappa shape index (κ3) is 3.80. The van der Waals surface area contributed by atoms with E-state index in [0.717, 1.165) is 0 Å². The van der Waals surface area contributed by atoms with Crippen molar-refractivity contribution < 1.29 is 21.7 Å². The van der Waals surface area contributed by atoms with E-state index in [9.17, 15) is 0 Å². The smallest absolute Gasteiger partial charge is 0.358 e. The molecule has 0 saturated heterocycles. The van der Waals surface area contributed by atoms with Gasteiger partial charge in [-0.2, -0.15) is 10.4 Å². The van der Waals surface area contributed by atoms with Crippen LogP contribution in [0.1, 0.15) is 11.1 Å². The number of rotatable bonds is 3. The Morgan fingerprint density at radius 3 is 1.42 bits per heavy atom. The predicted molar refractivity (Wildman–Crippen MR) is 138 cm³/mol. The minimum Gasteiger partial charge on any atom is -0.358 e. The molecule has 0 spiro atoms. The van der Waals surface area contributed by atoms with E-state index in [1.54, 1.807) is 10.4 Å². The van der Waals surface area contributed by atoms with Crippen LogP contribution >= 0.6 is 0 Å². The molecule has 0 unspecified atom stereocenters. The average molecular weight is 455 g/mol. The molecule has 0 aromatic heterocycles. The van der Waals surface area contributed by atoms with Gasteiger partial charge in [-0.15, -0.1) is 81.2 Å². The minimum absolute atomic E-state index is 0. The fourth-order valence-corrected chi connectivity index (χ4v) is 10.2. The molecule has 5 rings (SSSR count). The van der Waals surface area contributed by atoms with Gasteiger partial charge in [-0.3, -0.25) is 0 Å².